The minimum Gasteiger partial charge on any atom is -0.496 e. The molecule has 108 valence electrons. The van der Waals surface area contributed by atoms with Crippen LogP contribution in [0.4, 0.5) is 0 Å². The third-order valence-corrected chi connectivity index (χ3v) is 5.07. The molecule has 2 N–H and O–H groups in total. The summed E-state index contributed by atoms with van der Waals surface area (Å²) in [7, 11) is 1.67. The summed E-state index contributed by atoms with van der Waals surface area (Å²) in [5.41, 5.74) is 4.10. The van der Waals surface area contributed by atoms with Gasteiger partial charge >= 0.3 is 0 Å². The van der Waals surface area contributed by atoms with E-state index >= 15 is 0 Å². The lowest BCUT2D eigenvalue weighted by Crippen LogP contribution is -2.65. The highest BCUT2D eigenvalue weighted by molar-refractivity contribution is 5.38. The van der Waals surface area contributed by atoms with Crippen LogP contribution in [0, 0.1) is 5.92 Å². The molecule has 20 heavy (non-hydrogen) atoms. The molecule has 3 unspecified atom stereocenters. The average molecular weight is 276 g/mol. The van der Waals surface area contributed by atoms with Crippen molar-refractivity contribution in [1.82, 2.24) is 10.4 Å². The fraction of sp³-hybridized carbons (Fsp3) is 0.600. The van der Waals surface area contributed by atoms with Crippen molar-refractivity contribution in [3.05, 3.63) is 29.8 Å². The number of para-hydroxylation sites is 1. The molecule has 5 heteroatoms. The van der Waals surface area contributed by atoms with E-state index in [1.165, 1.54) is 0 Å². The van der Waals surface area contributed by atoms with E-state index in [1.54, 1.807) is 7.11 Å². The van der Waals surface area contributed by atoms with E-state index in [0.29, 0.717) is 0 Å². The van der Waals surface area contributed by atoms with Gasteiger partial charge in [0.15, 0.2) is 0 Å². The lowest BCUT2D eigenvalue weighted by Gasteiger charge is -2.52. The minimum atomic E-state index is -1.07. The molecule has 4 saturated heterocycles. The lowest BCUT2D eigenvalue weighted by atomic mass is 9.75. The van der Waals surface area contributed by atoms with Crippen molar-refractivity contribution in [2.75, 3.05) is 20.2 Å². The van der Waals surface area contributed by atoms with Crippen LogP contribution in [0.1, 0.15) is 24.4 Å². The Morgan fingerprint density at radius 3 is 2.85 bits per heavy atom. The molecule has 4 aliphatic heterocycles. The van der Waals surface area contributed by atoms with Gasteiger partial charge in [-0.1, -0.05) is 18.2 Å². The molecule has 4 heterocycles. The summed E-state index contributed by atoms with van der Waals surface area (Å²) in [6.45, 7) is 2.07. The second-order valence-corrected chi connectivity index (χ2v) is 5.95. The van der Waals surface area contributed by atoms with Gasteiger partial charge in [-0.2, -0.15) is 5.48 Å². The summed E-state index contributed by atoms with van der Waals surface area (Å²) in [5.74, 6) is -0.00707. The van der Waals surface area contributed by atoms with E-state index in [1.807, 2.05) is 24.3 Å². The van der Waals surface area contributed by atoms with E-state index < -0.39 is 5.79 Å². The molecular formula is C15H20N2O3. The van der Waals surface area contributed by atoms with Crippen LogP contribution in [0.25, 0.3) is 0 Å². The van der Waals surface area contributed by atoms with Gasteiger partial charge < -0.3 is 9.84 Å². The summed E-state index contributed by atoms with van der Waals surface area (Å²) < 4.78 is 5.45. The van der Waals surface area contributed by atoms with Crippen molar-refractivity contribution in [2.45, 2.75) is 30.7 Å². The van der Waals surface area contributed by atoms with Crippen molar-refractivity contribution < 1.29 is 14.7 Å². The lowest BCUT2D eigenvalue weighted by molar-refractivity contribution is -0.285. The maximum atomic E-state index is 10.9. The number of hydrogen-bond donors (Lipinski definition) is 2. The van der Waals surface area contributed by atoms with Gasteiger partial charge in [0.25, 0.3) is 0 Å². The van der Waals surface area contributed by atoms with Crippen LogP contribution in [0.5, 0.6) is 5.75 Å². The monoisotopic (exact) mass is 276 g/mol. The van der Waals surface area contributed by atoms with Crippen LogP contribution in [-0.2, 0) is 4.84 Å². The fourth-order valence-electron chi connectivity index (χ4n) is 4.07. The van der Waals surface area contributed by atoms with Crippen molar-refractivity contribution in [1.29, 1.82) is 0 Å². The van der Waals surface area contributed by atoms with Crippen LogP contribution in [-0.4, -0.2) is 42.0 Å². The second-order valence-electron chi connectivity index (χ2n) is 5.95. The van der Waals surface area contributed by atoms with Crippen LogP contribution in [0.2, 0.25) is 0 Å². The molecule has 1 aromatic rings. The van der Waals surface area contributed by atoms with Gasteiger partial charge in [-0.05, 0) is 32.0 Å². The molecule has 4 aliphatic rings. The van der Waals surface area contributed by atoms with Crippen molar-refractivity contribution in [3.63, 3.8) is 0 Å². The van der Waals surface area contributed by atoms with Crippen LogP contribution in [0.15, 0.2) is 24.3 Å². The van der Waals surface area contributed by atoms with E-state index in [-0.39, 0.29) is 18.0 Å². The Labute approximate surface area is 118 Å². The Morgan fingerprint density at radius 2 is 2.10 bits per heavy atom. The van der Waals surface area contributed by atoms with E-state index in [0.717, 1.165) is 37.2 Å². The highest BCUT2D eigenvalue weighted by Gasteiger charge is 2.61. The number of nitrogens with one attached hydrogen (secondary N) is 1. The predicted molar refractivity (Wildman–Crippen MR) is 73.0 cm³/mol. The number of piperidine rings is 3. The van der Waals surface area contributed by atoms with Crippen LogP contribution < -0.4 is 10.2 Å². The van der Waals surface area contributed by atoms with Gasteiger partial charge in [-0.15, -0.1) is 0 Å². The normalized spacial score (nSPS) is 42.5. The zero-order valence-corrected chi connectivity index (χ0v) is 11.6. The van der Waals surface area contributed by atoms with Crippen molar-refractivity contribution in [2.24, 2.45) is 5.92 Å². The number of methoxy groups -OCH3 is 1. The first-order valence-electron chi connectivity index (χ1n) is 7.27. The zero-order valence-electron chi connectivity index (χ0n) is 11.6. The molecule has 5 rings (SSSR count). The highest BCUT2D eigenvalue weighted by atomic mass is 16.8. The minimum absolute atomic E-state index is 0.0358. The molecule has 0 radical (unpaired) electrons. The second kappa shape index (κ2) is 4.43. The first-order chi connectivity index (χ1) is 9.74. The van der Waals surface area contributed by atoms with Gasteiger partial charge in [0.1, 0.15) is 5.75 Å². The summed E-state index contributed by atoms with van der Waals surface area (Å²) in [6.07, 6.45) is 2.01. The summed E-state index contributed by atoms with van der Waals surface area (Å²) in [4.78, 5) is 8.00. The number of fused-ring (bicyclic) bond motifs is 2. The first-order valence-corrected chi connectivity index (χ1v) is 7.27. The molecule has 1 aromatic carbocycles. The molecule has 5 nitrogen and oxygen atoms in total. The molecule has 0 saturated carbocycles. The predicted octanol–water partition coefficient (Wildman–Crippen LogP) is 1.05. The van der Waals surface area contributed by atoms with Gasteiger partial charge in [0.2, 0.25) is 5.79 Å². The Balaban J connectivity index is 1.74. The number of aliphatic hydroxyl groups is 1. The Hall–Kier alpha value is -1.14. The van der Waals surface area contributed by atoms with E-state index in [4.69, 9.17) is 9.57 Å². The third-order valence-electron chi connectivity index (χ3n) is 5.07. The van der Waals surface area contributed by atoms with Gasteiger partial charge in [-0.25, -0.2) is 0 Å². The van der Waals surface area contributed by atoms with Crippen molar-refractivity contribution in [3.8, 4) is 5.75 Å². The molecule has 0 amide bonds. The quantitative estimate of drug-likeness (QED) is 0.846. The van der Waals surface area contributed by atoms with Gasteiger partial charge in [-0.3, -0.25) is 9.74 Å². The summed E-state index contributed by atoms with van der Waals surface area (Å²) in [5, 5.41) is 10.9. The summed E-state index contributed by atoms with van der Waals surface area (Å²) >= 11 is 0. The SMILES string of the molecule is COc1ccccc1C1NOC2(O)C3CCN(CC3)C12. The third kappa shape index (κ3) is 1.58. The molecule has 4 fully saturated rings. The highest BCUT2D eigenvalue weighted by Crippen LogP contribution is 2.49. The van der Waals surface area contributed by atoms with Crippen molar-refractivity contribution >= 4 is 0 Å². The largest absolute Gasteiger partial charge is 0.496 e. The number of ether oxygens (including phenoxy) is 1. The number of benzene rings is 1. The molecule has 3 atom stereocenters. The number of rotatable bonds is 2. The maximum Gasteiger partial charge on any atom is 0.205 e. The number of nitrogens with zero attached hydrogens (tertiary/aromatic N) is 1. The standard InChI is InChI=1S/C15H20N2O3/c1-19-12-5-3-2-4-11(12)13-14-15(18,20-16-13)10-6-8-17(14)9-7-10/h2-5,10,13-14,16,18H,6-9H2,1H3. The Morgan fingerprint density at radius 1 is 1.35 bits per heavy atom. The fourth-order valence-corrected chi connectivity index (χ4v) is 4.07. The summed E-state index contributed by atoms with van der Waals surface area (Å²) in [6, 6.07) is 7.84. The van der Waals surface area contributed by atoms with E-state index in [2.05, 4.69) is 10.4 Å². The first kappa shape index (κ1) is 12.6. The topological polar surface area (TPSA) is 54.0 Å². The molecule has 0 aromatic heterocycles. The van der Waals surface area contributed by atoms with Crippen LogP contribution in [0.3, 0.4) is 0 Å². The zero-order chi connectivity index (χ0) is 13.7. The molecular weight excluding hydrogens is 256 g/mol. The number of hydroxylamine groups is 1. The Bertz CT molecular complexity index is 516. The van der Waals surface area contributed by atoms with Gasteiger partial charge in [0, 0.05) is 11.5 Å². The number of hydrogen-bond acceptors (Lipinski definition) is 5. The molecule has 0 aliphatic carbocycles. The van der Waals surface area contributed by atoms with E-state index in [9.17, 15) is 5.11 Å². The van der Waals surface area contributed by atoms with Crippen LogP contribution >= 0.6 is 0 Å². The Kier molecular flexibility index (Phi) is 2.79. The average Bonchev–Trinajstić information content (AvgIpc) is 2.88. The smallest absolute Gasteiger partial charge is 0.205 e. The maximum absolute atomic E-state index is 10.9. The van der Waals surface area contributed by atoms with Gasteiger partial charge in [0.05, 0.1) is 19.2 Å². The molecule has 2 bridgehead atoms. The molecule has 0 spiro atoms.